The van der Waals surface area contributed by atoms with Crippen molar-refractivity contribution in [3.05, 3.63) is 0 Å². The van der Waals surface area contributed by atoms with Gasteiger partial charge >= 0.3 is 5.97 Å². The Balaban J connectivity index is 1.91. The third-order valence-corrected chi connectivity index (χ3v) is 8.98. The van der Waals surface area contributed by atoms with Crippen LogP contribution in [0.25, 0.3) is 0 Å². The van der Waals surface area contributed by atoms with E-state index in [1.165, 1.54) is 0 Å². The van der Waals surface area contributed by atoms with E-state index >= 15 is 0 Å². The Morgan fingerprint density at radius 2 is 1.46 bits per heavy atom. The number of hydrogen-bond acceptors (Lipinski definition) is 19. The highest BCUT2D eigenvalue weighted by molar-refractivity contribution is 5.76. The molecule has 0 aromatic heterocycles. The fraction of sp³-hybridized carbons (Fsp3) is 0.900. The molecule has 5 unspecified atom stereocenters. The molecule has 22 heteroatoms. The van der Waals surface area contributed by atoms with Gasteiger partial charge in [0.25, 0.3) is 5.79 Å². The average molecular weight is 760 g/mol. The molecule has 0 radical (unpaired) electrons. The normalized spacial score (nSPS) is 39.3. The summed E-state index contributed by atoms with van der Waals surface area (Å²) in [6, 6.07) is -2.83. The van der Waals surface area contributed by atoms with Gasteiger partial charge in [0.15, 0.2) is 12.6 Å². The lowest BCUT2D eigenvalue weighted by Crippen LogP contribution is -2.71. The highest BCUT2D eigenvalue weighted by atomic mass is 16.8. The number of nitrogens with two attached hydrogens (primary N) is 1. The van der Waals surface area contributed by atoms with Crippen LogP contribution in [-0.2, 0) is 42.8 Å². The smallest absolute Gasteiger partial charge is 0.364 e. The molecule has 302 valence electrons. The van der Waals surface area contributed by atoms with Crippen LogP contribution in [-0.4, -0.2) is 199 Å². The number of carbonyl (C=O) groups excluding carboxylic acids is 2. The third-order valence-electron chi connectivity index (χ3n) is 8.98. The molecular formula is C30H53N3O19. The summed E-state index contributed by atoms with van der Waals surface area (Å²) in [5, 5.41) is 110. The number of aliphatic carboxylic acids is 1. The molecule has 0 spiro atoms. The first-order valence-electron chi connectivity index (χ1n) is 16.9. The lowest BCUT2D eigenvalue weighted by molar-refractivity contribution is -0.382. The summed E-state index contributed by atoms with van der Waals surface area (Å²) in [5.41, 5.74) is 5.51. The minimum Gasteiger partial charge on any atom is -0.477 e. The molecule has 16 atom stereocenters. The summed E-state index contributed by atoms with van der Waals surface area (Å²) in [6.45, 7) is 0.0201. The molecule has 3 heterocycles. The second-order valence-electron chi connectivity index (χ2n) is 12.9. The standard InChI is InChI=1S/C30H53N3O19/c1-12(37)32-18-14(39)8-30(29(45)46,51-25(18)20(41)15(40)9-34)52-26-21(42)16(10-35)48-28(23(26)44)50-24-17(11-36)49-27(47-7-5-3-4-6-31)19(22(24)43)33-13(2)38/h14-28,34-36,39-44H,3-11,31H2,1-2H3,(H,32,37)(H,33,38)(H,45,46)/t14-,15-,16?,17?,18-,19?,20-,21+,22-,23?,24-,25?,26+,27-,28+,30+/m1/s1. The van der Waals surface area contributed by atoms with Crippen molar-refractivity contribution in [2.75, 3.05) is 33.0 Å². The zero-order chi connectivity index (χ0) is 38.9. The summed E-state index contributed by atoms with van der Waals surface area (Å²) in [7, 11) is 0. The fourth-order valence-electron chi connectivity index (χ4n) is 6.32. The molecule has 3 rings (SSSR count). The quantitative estimate of drug-likeness (QED) is 0.0577. The van der Waals surface area contributed by atoms with Crippen molar-refractivity contribution in [1.29, 1.82) is 0 Å². The Morgan fingerprint density at radius 3 is 2.02 bits per heavy atom. The topological polar surface area (TPSA) is 359 Å². The van der Waals surface area contributed by atoms with E-state index in [-0.39, 0.29) is 6.61 Å². The van der Waals surface area contributed by atoms with Crippen molar-refractivity contribution in [3.8, 4) is 0 Å². The van der Waals surface area contributed by atoms with Crippen LogP contribution >= 0.6 is 0 Å². The van der Waals surface area contributed by atoms with E-state index in [0.717, 1.165) is 26.7 Å². The lowest BCUT2D eigenvalue weighted by Gasteiger charge is -2.51. The second-order valence-corrected chi connectivity index (χ2v) is 12.9. The van der Waals surface area contributed by atoms with Gasteiger partial charge in [-0.3, -0.25) is 9.59 Å². The van der Waals surface area contributed by atoms with Crippen molar-refractivity contribution < 1.29 is 93.9 Å². The van der Waals surface area contributed by atoms with Crippen LogP contribution in [0.15, 0.2) is 0 Å². The van der Waals surface area contributed by atoms with Crippen molar-refractivity contribution in [3.63, 3.8) is 0 Å². The Bertz CT molecular complexity index is 1160. The van der Waals surface area contributed by atoms with Gasteiger partial charge in [0.2, 0.25) is 11.8 Å². The number of carboxylic acids is 1. The molecule has 3 saturated heterocycles. The third kappa shape index (κ3) is 10.5. The summed E-state index contributed by atoms with van der Waals surface area (Å²) in [4.78, 5) is 36.7. The Hall–Kier alpha value is -2.23. The summed E-state index contributed by atoms with van der Waals surface area (Å²) >= 11 is 0. The molecule has 3 aliphatic rings. The van der Waals surface area contributed by atoms with Crippen LogP contribution in [0.4, 0.5) is 0 Å². The van der Waals surface area contributed by atoms with Gasteiger partial charge < -0.3 is 95.9 Å². The highest BCUT2D eigenvalue weighted by Crippen LogP contribution is 2.38. The molecule has 2 amide bonds. The molecular weight excluding hydrogens is 706 g/mol. The van der Waals surface area contributed by atoms with Crippen molar-refractivity contribution in [1.82, 2.24) is 10.6 Å². The minimum absolute atomic E-state index is 0.140. The summed E-state index contributed by atoms with van der Waals surface area (Å²) in [5.74, 6) is -6.34. The van der Waals surface area contributed by atoms with Gasteiger partial charge in [-0.2, -0.15) is 0 Å². The van der Waals surface area contributed by atoms with E-state index in [1.54, 1.807) is 0 Å². The molecule has 3 aliphatic heterocycles. The second kappa shape index (κ2) is 19.9. The Labute approximate surface area is 298 Å². The zero-order valence-electron chi connectivity index (χ0n) is 28.7. The number of aliphatic hydroxyl groups is 9. The molecule has 52 heavy (non-hydrogen) atoms. The SMILES string of the molecule is CC(=O)NC1[C@H](OCCCCCN)OC(CO)[C@@H](O[C@@H]2OC(CO)[C@H](O)[C@H](O[C@]3(C(=O)O)C[C@@H](O)[C@@H](NC(C)=O)C([C@H](O)[C@H](O)CO)O3)C2O)[C@@H]1O. The highest BCUT2D eigenvalue weighted by Gasteiger charge is 2.60. The van der Waals surface area contributed by atoms with E-state index in [2.05, 4.69) is 10.6 Å². The van der Waals surface area contributed by atoms with Gasteiger partial charge in [-0.15, -0.1) is 0 Å². The van der Waals surface area contributed by atoms with Crippen LogP contribution in [0, 0.1) is 0 Å². The van der Waals surface area contributed by atoms with Gasteiger partial charge in [-0.1, -0.05) is 0 Å². The number of unbranched alkanes of at least 4 members (excludes halogenated alkanes) is 2. The molecule has 14 N–H and O–H groups in total. The molecule has 0 aromatic carbocycles. The molecule has 0 bridgehead atoms. The Morgan fingerprint density at radius 1 is 0.846 bits per heavy atom. The maximum absolute atomic E-state index is 12.8. The van der Waals surface area contributed by atoms with Gasteiger partial charge in [-0.25, -0.2) is 4.79 Å². The number of aliphatic hydroxyl groups excluding tert-OH is 9. The number of rotatable bonds is 18. The molecule has 0 aromatic rings. The van der Waals surface area contributed by atoms with Crippen LogP contribution < -0.4 is 16.4 Å². The first-order chi connectivity index (χ1) is 24.5. The fourth-order valence-corrected chi connectivity index (χ4v) is 6.32. The van der Waals surface area contributed by atoms with Crippen molar-refractivity contribution in [2.24, 2.45) is 5.73 Å². The van der Waals surface area contributed by atoms with E-state index in [1.807, 2.05) is 0 Å². The predicted octanol–water partition coefficient (Wildman–Crippen LogP) is -6.93. The van der Waals surface area contributed by atoms with Gasteiger partial charge in [0.1, 0.15) is 67.1 Å². The number of nitrogens with one attached hydrogen (secondary N) is 2. The van der Waals surface area contributed by atoms with Gasteiger partial charge in [-0.05, 0) is 25.8 Å². The molecule has 22 nitrogen and oxygen atoms in total. The van der Waals surface area contributed by atoms with Crippen LogP contribution in [0.3, 0.4) is 0 Å². The molecule has 3 fully saturated rings. The maximum atomic E-state index is 12.8. The minimum atomic E-state index is -3.03. The van der Waals surface area contributed by atoms with Crippen LogP contribution in [0.5, 0.6) is 0 Å². The van der Waals surface area contributed by atoms with Crippen LogP contribution in [0.2, 0.25) is 0 Å². The number of carbonyl (C=O) groups is 3. The monoisotopic (exact) mass is 759 g/mol. The number of ether oxygens (including phenoxy) is 6. The summed E-state index contributed by atoms with van der Waals surface area (Å²) < 4.78 is 34.2. The van der Waals surface area contributed by atoms with Gasteiger partial charge in [0, 0.05) is 26.9 Å². The number of hydrogen-bond donors (Lipinski definition) is 13. The lowest BCUT2D eigenvalue weighted by atomic mass is 9.88. The van der Waals surface area contributed by atoms with Crippen molar-refractivity contribution in [2.45, 2.75) is 137 Å². The van der Waals surface area contributed by atoms with E-state index in [9.17, 15) is 65.4 Å². The van der Waals surface area contributed by atoms with E-state index in [0.29, 0.717) is 13.0 Å². The molecule has 0 saturated carbocycles. The largest absolute Gasteiger partial charge is 0.477 e. The number of amides is 2. The summed E-state index contributed by atoms with van der Waals surface area (Å²) in [6.07, 6.45) is -22.8. The van der Waals surface area contributed by atoms with Crippen molar-refractivity contribution >= 4 is 17.8 Å². The average Bonchev–Trinajstić information content (AvgIpc) is 3.09. The molecule has 0 aliphatic carbocycles. The zero-order valence-corrected chi connectivity index (χ0v) is 28.7. The first kappa shape index (κ1) is 44.2. The maximum Gasteiger partial charge on any atom is 0.364 e. The van der Waals surface area contributed by atoms with E-state index in [4.69, 9.17) is 34.2 Å². The van der Waals surface area contributed by atoms with Gasteiger partial charge in [0.05, 0.1) is 32.0 Å². The predicted molar refractivity (Wildman–Crippen MR) is 168 cm³/mol. The Kier molecular flexibility index (Phi) is 16.9. The first-order valence-corrected chi connectivity index (χ1v) is 16.9. The van der Waals surface area contributed by atoms with Crippen LogP contribution in [0.1, 0.15) is 39.5 Å². The number of carboxylic acid groups (broad SMARTS) is 1. The van der Waals surface area contributed by atoms with E-state index < -0.39 is 142 Å².